The lowest BCUT2D eigenvalue weighted by Gasteiger charge is -1.97. The van der Waals surface area contributed by atoms with Gasteiger partial charge in [-0.25, -0.2) is 8.42 Å². The van der Waals surface area contributed by atoms with Crippen LogP contribution in [0.1, 0.15) is 6.92 Å². The monoisotopic (exact) mass is 166 g/mol. The molecule has 0 heterocycles. The summed E-state index contributed by atoms with van der Waals surface area (Å²) in [6.45, 7) is 1.48. The summed E-state index contributed by atoms with van der Waals surface area (Å²) < 4.78 is 25.5. The number of sulfone groups is 1. The Kier molecular flexibility index (Phi) is 3.35. The lowest BCUT2D eigenvalue weighted by Crippen LogP contribution is -2.18. The quantitative estimate of drug-likeness (QED) is 0.535. The molecule has 0 N–H and O–H groups in total. The first kappa shape index (κ1) is 9.42. The van der Waals surface area contributed by atoms with Crippen molar-refractivity contribution in [3.8, 4) is 0 Å². The van der Waals surface area contributed by atoms with E-state index >= 15 is 0 Å². The van der Waals surface area contributed by atoms with Crippen LogP contribution in [0.15, 0.2) is 0 Å². The molecule has 0 aromatic carbocycles. The zero-order chi connectivity index (χ0) is 8.20. The molecule has 5 heteroatoms. The third kappa shape index (κ3) is 3.45. The molecule has 0 aromatic heterocycles. The van der Waals surface area contributed by atoms with Gasteiger partial charge in [0.25, 0.3) is 0 Å². The van der Waals surface area contributed by atoms with E-state index in [9.17, 15) is 13.2 Å². The van der Waals surface area contributed by atoms with E-state index in [-0.39, 0.29) is 5.75 Å². The molecule has 0 aliphatic rings. The van der Waals surface area contributed by atoms with Crippen molar-refractivity contribution < 1.29 is 17.9 Å². The number of carbonyl (C=O) groups is 1. The van der Waals surface area contributed by atoms with Gasteiger partial charge in [-0.05, 0) is 0 Å². The molecule has 0 bridgehead atoms. The van der Waals surface area contributed by atoms with Crippen molar-refractivity contribution in [2.24, 2.45) is 0 Å². The van der Waals surface area contributed by atoms with E-state index in [4.69, 9.17) is 0 Å². The van der Waals surface area contributed by atoms with Crippen LogP contribution in [0.5, 0.6) is 0 Å². The Morgan fingerprint density at radius 1 is 1.50 bits per heavy atom. The molecule has 10 heavy (non-hydrogen) atoms. The van der Waals surface area contributed by atoms with Crippen LogP contribution >= 0.6 is 0 Å². The maximum Gasteiger partial charge on any atom is 0.320 e. The smallest absolute Gasteiger partial charge is 0.320 e. The highest BCUT2D eigenvalue weighted by molar-refractivity contribution is 7.92. The zero-order valence-electron chi connectivity index (χ0n) is 5.96. The Hall–Kier alpha value is -0.580. The van der Waals surface area contributed by atoms with Crippen LogP contribution in [0.2, 0.25) is 0 Å². The molecule has 0 aliphatic heterocycles. The van der Waals surface area contributed by atoms with Crippen LogP contribution in [0.25, 0.3) is 0 Å². The Morgan fingerprint density at radius 3 is 2.30 bits per heavy atom. The number of methoxy groups -OCH3 is 1. The summed E-state index contributed by atoms with van der Waals surface area (Å²) in [5.74, 6) is -1.25. The second-order valence-corrected chi connectivity index (χ2v) is 4.11. The summed E-state index contributed by atoms with van der Waals surface area (Å²) in [5.41, 5.74) is 0. The van der Waals surface area contributed by atoms with E-state index in [1.54, 1.807) is 0 Å². The third-order valence-electron chi connectivity index (χ3n) is 1.01. The molecule has 0 aliphatic carbocycles. The van der Waals surface area contributed by atoms with E-state index in [0.717, 1.165) is 7.11 Å². The van der Waals surface area contributed by atoms with Crippen LogP contribution in [0, 0.1) is 0 Å². The lowest BCUT2D eigenvalue weighted by molar-refractivity contribution is -0.137. The number of hydrogen-bond donors (Lipinski definition) is 0. The normalized spacial score (nSPS) is 11.0. The molecule has 0 saturated carbocycles. The van der Waals surface area contributed by atoms with Gasteiger partial charge in [-0.3, -0.25) is 4.79 Å². The summed E-state index contributed by atoms with van der Waals surface area (Å²) in [5, 5.41) is 0. The number of ether oxygens (including phenoxy) is 1. The minimum Gasteiger partial charge on any atom is -0.468 e. The maximum atomic E-state index is 10.7. The van der Waals surface area contributed by atoms with Gasteiger partial charge in [0, 0.05) is 5.75 Å². The maximum absolute atomic E-state index is 10.7. The number of hydrogen-bond acceptors (Lipinski definition) is 4. The van der Waals surface area contributed by atoms with E-state index in [1.165, 1.54) is 6.92 Å². The molecule has 0 fully saturated rings. The fourth-order valence-electron chi connectivity index (χ4n) is 0.341. The Morgan fingerprint density at radius 2 is 2.00 bits per heavy atom. The fraction of sp³-hybridized carbons (Fsp3) is 0.800. The molecule has 60 valence electrons. The minimum absolute atomic E-state index is 0.0257. The van der Waals surface area contributed by atoms with Gasteiger partial charge in [0.1, 0.15) is 5.75 Å². The van der Waals surface area contributed by atoms with Gasteiger partial charge in [-0.15, -0.1) is 0 Å². The highest BCUT2D eigenvalue weighted by Gasteiger charge is 2.13. The highest BCUT2D eigenvalue weighted by atomic mass is 32.2. The molecule has 0 amide bonds. The first-order valence-corrected chi connectivity index (χ1v) is 4.61. The minimum atomic E-state index is -3.21. The predicted molar refractivity (Wildman–Crippen MR) is 36.3 cm³/mol. The van der Waals surface area contributed by atoms with E-state index < -0.39 is 21.6 Å². The first-order chi connectivity index (χ1) is 4.52. The lowest BCUT2D eigenvalue weighted by atomic mass is 10.8. The van der Waals surface area contributed by atoms with Crippen molar-refractivity contribution in [3.63, 3.8) is 0 Å². The third-order valence-corrected chi connectivity index (χ3v) is 2.56. The Balaban J connectivity index is 4.03. The van der Waals surface area contributed by atoms with Crippen molar-refractivity contribution in [1.29, 1.82) is 0 Å². The fourth-order valence-corrected chi connectivity index (χ4v) is 1.02. The topological polar surface area (TPSA) is 60.4 Å². The summed E-state index contributed by atoms with van der Waals surface area (Å²) in [4.78, 5) is 10.4. The second kappa shape index (κ2) is 3.55. The van der Waals surface area contributed by atoms with Crippen LogP contribution < -0.4 is 0 Å². The average Bonchev–Trinajstić information content (AvgIpc) is 1.87. The van der Waals surface area contributed by atoms with Crippen LogP contribution in [-0.4, -0.2) is 33.0 Å². The van der Waals surface area contributed by atoms with Gasteiger partial charge < -0.3 is 4.74 Å². The molecule has 0 atom stereocenters. The molecule has 0 spiro atoms. The SMILES string of the molecule is CCS(=O)(=O)CC(=O)OC. The van der Waals surface area contributed by atoms with Gasteiger partial charge in [0.2, 0.25) is 0 Å². The van der Waals surface area contributed by atoms with Crippen molar-refractivity contribution in [2.45, 2.75) is 6.92 Å². The van der Waals surface area contributed by atoms with Crippen LogP contribution in [0.4, 0.5) is 0 Å². The average molecular weight is 166 g/mol. The number of esters is 1. The summed E-state index contributed by atoms with van der Waals surface area (Å²) in [6, 6.07) is 0. The van der Waals surface area contributed by atoms with E-state index in [1.807, 2.05) is 0 Å². The second-order valence-electron chi connectivity index (χ2n) is 1.75. The summed E-state index contributed by atoms with van der Waals surface area (Å²) in [7, 11) is -2.05. The standard InChI is InChI=1S/C5H10O4S/c1-3-10(7,8)4-5(6)9-2/h3-4H2,1-2H3. The molecule has 0 aromatic rings. The number of rotatable bonds is 3. The van der Waals surface area contributed by atoms with Gasteiger partial charge in [0.15, 0.2) is 9.84 Å². The van der Waals surface area contributed by atoms with Crippen molar-refractivity contribution >= 4 is 15.8 Å². The van der Waals surface area contributed by atoms with E-state index in [2.05, 4.69) is 4.74 Å². The van der Waals surface area contributed by atoms with Crippen molar-refractivity contribution in [3.05, 3.63) is 0 Å². The Labute approximate surface area is 60.1 Å². The van der Waals surface area contributed by atoms with Gasteiger partial charge in [-0.2, -0.15) is 0 Å². The van der Waals surface area contributed by atoms with Gasteiger partial charge in [0.05, 0.1) is 7.11 Å². The van der Waals surface area contributed by atoms with Crippen molar-refractivity contribution in [2.75, 3.05) is 18.6 Å². The molecular weight excluding hydrogens is 156 g/mol. The van der Waals surface area contributed by atoms with Crippen LogP contribution in [0.3, 0.4) is 0 Å². The van der Waals surface area contributed by atoms with Crippen LogP contribution in [-0.2, 0) is 19.4 Å². The number of carbonyl (C=O) groups excluding carboxylic acids is 1. The van der Waals surface area contributed by atoms with Crippen molar-refractivity contribution in [1.82, 2.24) is 0 Å². The molecule has 0 rings (SSSR count). The molecule has 4 nitrogen and oxygen atoms in total. The summed E-state index contributed by atoms with van der Waals surface area (Å²) >= 11 is 0. The molecule has 0 unspecified atom stereocenters. The Bertz CT molecular complexity index is 204. The van der Waals surface area contributed by atoms with E-state index in [0.29, 0.717) is 0 Å². The zero-order valence-corrected chi connectivity index (χ0v) is 6.77. The molecule has 0 radical (unpaired) electrons. The van der Waals surface area contributed by atoms with Gasteiger partial charge in [-0.1, -0.05) is 6.92 Å². The molecular formula is C5H10O4S. The largest absolute Gasteiger partial charge is 0.468 e. The summed E-state index contributed by atoms with van der Waals surface area (Å²) in [6.07, 6.45) is 0. The first-order valence-electron chi connectivity index (χ1n) is 2.79. The predicted octanol–water partition coefficient (Wildman–Crippen LogP) is -0.406. The molecule has 0 saturated heterocycles. The van der Waals surface area contributed by atoms with Gasteiger partial charge >= 0.3 is 5.97 Å². The highest BCUT2D eigenvalue weighted by Crippen LogP contribution is 1.89.